The van der Waals surface area contributed by atoms with Crippen molar-refractivity contribution in [2.24, 2.45) is 0 Å². The quantitative estimate of drug-likeness (QED) is 0.415. The summed E-state index contributed by atoms with van der Waals surface area (Å²) in [6.45, 7) is 3.21. The molecule has 4 aromatic rings. The van der Waals surface area contributed by atoms with Crippen molar-refractivity contribution in [2.75, 3.05) is 12.3 Å². The van der Waals surface area contributed by atoms with E-state index in [1.807, 2.05) is 6.07 Å². The number of aryl methyl sites for hydroxylation is 1. The first kappa shape index (κ1) is 21.4. The molecule has 0 saturated carbocycles. The van der Waals surface area contributed by atoms with Gasteiger partial charge in [0.1, 0.15) is 22.9 Å². The second-order valence-corrected chi connectivity index (χ2v) is 7.09. The van der Waals surface area contributed by atoms with Crippen molar-refractivity contribution in [2.45, 2.75) is 20.5 Å². The van der Waals surface area contributed by atoms with Crippen LogP contribution in [0.1, 0.15) is 39.4 Å². The monoisotopic (exact) mass is 455 g/mol. The van der Waals surface area contributed by atoms with Gasteiger partial charge < -0.3 is 24.0 Å². The summed E-state index contributed by atoms with van der Waals surface area (Å²) in [7, 11) is 0. The number of nitrogens with two attached hydrogens (primary N) is 1. The lowest BCUT2D eigenvalue weighted by Crippen LogP contribution is -2.09. The largest absolute Gasteiger partial charge is 0.462 e. The van der Waals surface area contributed by atoms with E-state index >= 15 is 0 Å². The fraction of sp³-hybridized carbons (Fsp3) is 0.182. The van der Waals surface area contributed by atoms with Crippen LogP contribution in [0.5, 0.6) is 0 Å². The number of benzene rings is 1. The third-order valence-corrected chi connectivity index (χ3v) is 4.89. The molecule has 0 aliphatic rings. The van der Waals surface area contributed by atoms with Gasteiger partial charge in [0.05, 0.1) is 17.0 Å². The first-order chi connectivity index (χ1) is 15.4. The average molecular weight is 456 g/mol. The Labute approximate surface area is 187 Å². The van der Waals surface area contributed by atoms with Crippen LogP contribution < -0.4 is 5.73 Å². The van der Waals surface area contributed by atoms with Gasteiger partial charge in [-0.1, -0.05) is 23.7 Å². The molecule has 0 bridgehead atoms. The number of carbonyl (C=O) groups is 2. The highest BCUT2D eigenvalue weighted by molar-refractivity contribution is 6.33. The Morgan fingerprint density at radius 1 is 1.06 bits per heavy atom. The van der Waals surface area contributed by atoms with Gasteiger partial charge in [-0.25, -0.2) is 14.6 Å². The Balaban J connectivity index is 1.52. The number of nitrogens with zero attached hydrogens (tertiary/aromatic N) is 2. The van der Waals surface area contributed by atoms with Crippen molar-refractivity contribution in [3.8, 4) is 11.3 Å². The molecule has 0 unspecified atom stereocenters. The number of aromatic nitrogens is 2. The number of halogens is 1. The third kappa shape index (κ3) is 4.02. The highest BCUT2D eigenvalue weighted by Gasteiger charge is 2.24. The first-order valence-corrected chi connectivity index (χ1v) is 10.0. The molecule has 0 saturated heterocycles. The molecule has 1 aromatic carbocycles. The maximum absolute atomic E-state index is 12.4. The van der Waals surface area contributed by atoms with E-state index in [4.69, 9.17) is 35.6 Å². The van der Waals surface area contributed by atoms with Crippen molar-refractivity contribution in [1.82, 2.24) is 9.97 Å². The summed E-state index contributed by atoms with van der Waals surface area (Å²) < 4.78 is 21.4. The van der Waals surface area contributed by atoms with Gasteiger partial charge >= 0.3 is 11.9 Å². The lowest BCUT2D eigenvalue weighted by atomic mass is 10.2. The number of esters is 2. The molecule has 10 heteroatoms. The zero-order valence-electron chi connectivity index (χ0n) is 17.2. The van der Waals surface area contributed by atoms with Gasteiger partial charge in [-0.2, -0.15) is 4.98 Å². The summed E-state index contributed by atoms with van der Waals surface area (Å²) in [6.07, 6.45) is 0. The fourth-order valence-electron chi connectivity index (χ4n) is 3.15. The predicted octanol–water partition coefficient (Wildman–Crippen LogP) is 4.56. The predicted molar refractivity (Wildman–Crippen MR) is 115 cm³/mol. The molecule has 2 N–H and O–H groups in total. The Bertz CT molecular complexity index is 1330. The third-order valence-electron chi connectivity index (χ3n) is 4.56. The first-order valence-electron chi connectivity index (χ1n) is 9.63. The molecule has 0 fully saturated rings. The average Bonchev–Trinajstić information content (AvgIpc) is 3.37. The van der Waals surface area contributed by atoms with E-state index in [0.717, 1.165) is 0 Å². The van der Waals surface area contributed by atoms with Gasteiger partial charge in [0, 0.05) is 5.56 Å². The normalized spacial score (nSPS) is 11.0. The molecule has 32 heavy (non-hydrogen) atoms. The molecule has 3 aromatic heterocycles. The number of anilines is 1. The second-order valence-electron chi connectivity index (χ2n) is 6.68. The molecular formula is C22H18ClN3O6. The maximum atomic E-state index is 12.4. The van der Waals surface area contributed by atoms with Gasteiger partial charge in [0.25, 0.3) is 0 Å². The summed E-state index contributed by atoms with van der Waals surface area (Å²) in [4.78, 5) is 32.9. The second kappa shape index (κ2) is 8.72. The zero-order valence-corrected chi connectivity index (χ0v) is 17.9. The SMILES string of the molecule is CCOC(=O)c1c(C)oc2nc(COC(=O)c3ccc(-c4ccccc4Cl)o3)nc(N)c12. The van der Waals surface area contributed by atoms with E-state index in [0.29, 0.717) is 22.1 Å². The van der Waals surface area contributed by atoms with E-state index in [1.165, 1.54) is 6.07 Å². The number of fused-ring (bicyclic) bond motifs is 1. The molecule has 0 radical (unpaired) electrons. The lowest BCUT2D eigenvalue weighted by Gasteiger charge is -2.05. The van der Waals surface area contributed by atoms with Crippen LogP contribution in [0.3, 0.4) is 0 Å². The van der Waals surface area contributed by atoms with Crippen molar-refractivity contribution in [3.05, 3.63) is 64.3 Å². The maximum Gasteiger partial charge on any atom is 0.374 e. The van der Waals surface area contributed by atoms with Gasteiger partial charge in [-0.05, 0) is 38.1 Å². The molecule has 0 atom stereocenters. The van der Waals surface area contributed by atoms with E-state index in [9.17, 15) is 9.59 Å². The van der Waals surface area contributed by atoms with Gasteiger partial charge in [0.15, 0.2) is 12.4 Å². The molecular weight excluding hydrogens is 438 g/mol. The summed E-state index contributed by atoms with van der Waals surface area (Å²) in [5.41, 5.74) is 6.94. The summed E-state index contributed by atoms with van der Waals surface area (Å²) >= 11 is 6.16. The molecule has 9 nitrogen and oxygen atoms in total. The highest BCUT2D eigenvalue weighted by Crippen LogP contribution is 2.30. The fourth-order valence-corrected chi connectivity index (χ4v) is 3.38. The molecule has 0 spiro atoms. The number of rotatable bonds is 6. The zero-order chi connectivity index (χ0) is 22.8. The van der Waals surface area contributed by atoms with Crippen LogP contribution in [-0.4, -0.2) is 28.5 Å². The minimum atomic E-state index is -0.714. The van der Waals surface area contributed by atoms with Crippen LogP contribution in [0.25, 0.3) is 22.4 Å². The summed E-state index contributed by atoms with van der Waals surface area (Å²) in [5.74, 6) is -0.449. The van der Waals surface area contributed by atoms with Crippen molar-refractivity contribution in [1.29, 1.82) is 0 Å². The summed E-state index contributed by atoms with van der Waals surface area (Å²) in [5, 5.41) is 0.751. The number of ether oxygens (including phenoxy) is 2. The van der Waals surface area contributed by atoms with E-state index < -0.39 is 11.9 Å². The number of nitrogen functional groups attached to an aromatic ring is 1. The van der Waals surface area contributed by atoms with Gasteiger partial charge in [-0.3, -0.25) is 0 Å². The molecule has 0 amide bonds. The number of carbonyl (C=O) groups excluding carboxylic acids is 2. The van der Waals surface area contributed by atoms with Crippen molar-refractivity contribution < 1.29 is 27.9 Å². The molecule has 0 aliphatic heterocycles. The van der Waals surface area contributed by atoms with Gasteiger partial charge in [-0.15, -0.1) is 0 Å². The lowest BCUT2D eigenvalue weighted by molar-refractivity contribution is 0.0426. The Morgan fingerprint density at radius 2 is 1.84 bits per heavy atom. The van der Waals surface area contributed by atoms with Crippen molar-refractivity contribution in [3.63, 3.8) is 0 Å². The van der Waals surface area contributed by atoms with E-state index in [2.05, 4.69) is 9.97 Å². The minimum Gasteiger partial charge on any atom is -0.462 e. The Hall–Kier alpha value is -3.85. The molecule has 0 aliphatic carbocycles. The Kier molecular flexibility index (Phi) is 5.83. The van der Waals surface area contributed by atoms with Crippen LogP contribution in [0.4, 0.5) is 5.82 Å². The number of furan rings is 2. The van der Waals surface area contributed by atoms with Crippen LogP contribution in [0.2, 0.25) is 5.02 Å². The van der Waals surface area contributed by atoms with Crippen LogP contribution in [0.15, 0.2) is 45.2 Å². The molecule has 3 heterocycles. The Morgan fingerprint density at radius 3 is 2.59 bits per heavy atom. The standard InChI is InChI=1S/C22H18ClN3O6/c1-3-29-22(28)17-11(2)31-20-18(17)19(24)25-16(26-20)10-30-21(27)15-9-8-14(32-15)12-6-4-5-7-13(12)23/h4-9H,3,10H2,1-2H3,(H2,24,25,26). The number of hydrogen-bond acceptors (Lipinski definition) is 9. The van der Waals surface area contributed by atoms with Crippen molar-refractivity contribution >= 4 is 40.5 Å². The van der Waals surface area contributed by atoms with Gasteiger partial charge in [0.2, 0.25) is 11.5 Å². The molecule has 4 rings (SSSR count). The van der Waals surface area contributed by atoms with E-state index in [1.54, 1.807) is 38.1 Å². The topological polar surface area (TPSA) is 131 Å². The smallest absolute Gasteiger partial charge is 0.374 e. The minimum absolute atomic E-state index is 0.00703. The van der Waals surface area contributed by atoms with E-state index in [-0.39, 0.29) is 47.3 Å². The highest BCUT2D eigenvalue weighted by atomic mass is 35.5. The van der Waals surface area contributed by atoms with Crippen LogP contribution in [-0.2, 0) is 16.1 Å². The summed E-state index contributed by atoms with van der Waals surface area (Å²) in [6, 6.07) is 10.2. The van der Waals surface area contributed by atoms with Crippen LogP contribution in [0, 0.1) is 6.92 Å². The number of hydrogen-bond donors (Lipinski definition) is 1. The molecule has 164 valence electrons. The van der Waals surface area contributed by atoms with Crippen LogP contribution >= 0.6 is 11.6 Å².